The quantitative estimate of drug-likeness (QED) is 0.624. The molecule has 9 nitrogen and oxygen atoms in total. The van der Waals surface area contributed by atoms with Crippen LogP contribution in [0.4, 0.5) is 5.69 Å². The summed E-state index contributed by atoms with van der Waals surface area (Å²) in [6, 6.07) is 5.77. The second kappa shape index (κ2) is 7.67. The van der Waals surface area contributed by atoms with Gasteiger partial charge >= 0.3 is 0 Å². The van der Waals surface area contributed by atoms with Crippen LogP contribution in [0.5, 0.6) is 0 Å². The van der Waals surface area contributed by atoms with Crippen LogP contribution in [0.2, 0.25) is 0 Å². The molecule has 0 aliphatic carbocycles. The predicted octanol–water partition coefficient (Wildman–Crippen LogP) is 1.27. The Morgan fingerprint density at radius 2 is 2.00 bits per heavy atom. The molecule has 0 aromatic carbocycles. The zero-order valence-corrected chi connectivity index (χ0v) is 18.6. The van der Waals surface area contributed by atoms with Crippen LogP contribution >= 0.6 is 0 Å². The fourth-order valence-corrected chi connectivity index (χ4v) is 4.93. The fourth-order valence-electron chi connectivity index (χ4n) is 4.93. The molecule has 3 aromatic rings. The molecular weight excluding hydrogens is 406 g/mol. The highest BCUT2D eigenvalue weighted by molar-refractivity contribution is 5.92. The molecule has 0 bridgehead atoms. The molecule has 9 heteroatoms. The summed E-state index contributed by atoms with van der Waals surface area (Å²) < 4.78 is 0. The van der Waals surface area contributed by atoms with Crippen molar-refractivity contribution in [3.63, 3.8) is 0 Å². The van der Waals surface area contributed by atoms with Gasteiger partial charge in [0, 0.05) is 51.4 Å². The molecule has 3 aromatic heterocycles. The van der Waals surface area contributed by atoms with Gasteiger partial charge in [0.15, 0.2) is 5.65 Å². The molecule has 0 unspecified atom stereocenters. The molecule has 0 atom stereocenters. The minimum Gasteiger partial charge on any atom is -0.369 e. The number of pyridine rings is 2. The first-order valence-electron chi connectivity index (χ1n) is 10.9. The van der Waals surface area contributed by atoms with Gasteiger partial charge in [-0.2, -0.15) is 0 Å². The average Bonchev–Trinajstić information content (AvgIpc) is 2.73. The molecule has 1 spiro atoms. The second-order valence-electron chi connectivity index (χ2n) is 8.96. The zero-order chi connectivity index (χ0) is 22.5. The molecule has 1 amide bonds. The SMILES string of the molecule is CCc1nc2ncc(CN3CC4(C3)CN(c3ccc(C(=O)NC)nc3C)C4)cc2[nH]c1=O. The monoisotopic (exact) mass is 433 g/mol. The minimum absolute atomic E-state index is 0.135. The van der Waals surface area contributed by atoms with Crippen molar-refractivity contribution in [2.75, 3.05) is 38.1 Å². The van der Waals surface area contributed by atoms with Crippen LogP contribution in [-0.2, 0) is 13.0 Å². The number of anilines is 1. The Labute approximate surface area is 185 Å². The Hall–Kier alpha value is -3.33. The number of carbonyl (C=O) groups excluding carboxylic acids is 1. The Morgan fingerprint density at radius 3 is 2.69 bits per heavy atom. The van der Waals surface area contributed by atoms with E-state index in [4.69, 9.17) is 0 Å². The Bertz CT molecular complexity index is 1250. The molecule has 0 saturated carbocycles. The number of fused-ring (bicyclic) bond motifs is 1. The van der Waals surface area contributed by atoms with E-state index in [-0.39, 0.29) is 11.5 Å². The third-order valence-corrected chi connectivity index (χ3v) is 6.44. The minimum atomic E-state index is -0.164. The summed E-state index contributed by atoms with van der Waals surface area (Å²) in [7, 11) is 1.61. The normalized spacial score (nSPS) is 17.3. The standard InChI is InChI=1S/C23H27N7O2/c1-4-16-22(32)28-18-7-15(8-25-20(18)27-16)9-29-10-23(11-29)12-30(13-23)19-6-5-17(21(31)24-3)26-14(19)2/h5-8H,4,9-13H2,1-3H3,(H,24,31)(H,28,32). The number of aromatic nitrogens is 4. The van der Waals surface area contributed by atoms with Gasteiger partial charge in [0.1, 0.15) is 11.4 Å². The van der Waals surface area contributed by atoms with Gasteiger partial charge < -0.3 is 15.2 Å². The number of hydrogen-bond acceptors (Lipinski definition) is 7. The number of H-pyrrole nitrogens is 1. The first-order valence-corrected chi connectivity index (χ1v) is 10.9. The summed E-state index contributed by atoms with van der Waals surface area (Å²) in [6.07, 6.45) is 2.45. The number of aryl methyl sites for hydroxylation is 2. The maximum Gasteiger partial charge on any atom is 0.270 e. The van der Waals surface area contributed by atoms with Crippen LogP contribution in [0.25, 0.3) is 11.2 Å². The summed E-state index contributed by atoms with van der Waals surface area (Å²) in [5.41, 5.74) is 5.50. The van der Waals surface area contributed by atoms with E-state index in [2.05, 4.69) is 35.1 Å². The number of nitrogens with zero attached hydrogens (tertiary/aromatic N) is 5. The summed E-state index contributed by atoms with van der Waals surface area (Å²) in [4.78, 5) is 44.7. The van der Waals surface area contributed by atoms with Gasteiger partial charge in [-0.05, 0) is 37.1 Å². The molecular formula is C23H27N7O2. The summed E-state index contributed by atoms with van der Waals surface area (Å²) in [6.45, 7) is 8.74. The van der Waals surface area contributed by atoms with E-state index in [0.717, 1.165) is 49.7 Å². The van der Waals surface area contributed by atoms with Crippen LogP contribution in [0.15, 0.2) is 29.2 Å². The summed E-state index contributed by atoms with van der Waals surface area (Å²) >= 11 is 0. The molecule has 2 fully saturated rings. The van der Waals surface area contributed by atoms with Crippen LogP contribution in [0, 0.1) is 12.3 Å². The molecule has 5 rings (SSSR count). The number of amides is 1. The largest absolute Gasteiger partial charge is 0.369 e. The average molecular weight is 434 g/mol. The molecule has 2 aliphatic rings. The molecule has 32 heavy (non-hydrogen) atoms. The molecule has 166 valence electrons. The Kier molecular flexibility index (Phi) is 4.93. The third-order valence-electron chi connectivity index (χ3n) is 6.44. The van der Waals surface area contributed by atoms with Crippen LogP contribution in [0.3, 0.4) is 0 Å². The molecule has 5 heterocycles. The Morgan fingerprint density at radius 1 is 1.22 bits per heavy atom. The van der Waals surface area contributed by atoms with Crippen molar-refractivity contribution in [3.05, 3.63) is 57.4 Å². The van der Waals surface area contributed by atoms with Crippen molar-refractivity contribution >= 4 is 22.8 Å². The molecule has 2 N–H and O–H groups in total. The van der Waals surface area contributed by atoms with Gasteiger partial charge in [-0.25, -0.2) is 15.0 Å². The first-order chi connectivity index (χ1) is 15.4. The van der Waals surface area contributed by atoms with Gasteiger partial charge in [0.05, 0.1) is 16.9 Å². The van der Waals surface area contributed by atoms with E-state index in [1.807, 2.05) is 32.2 Å². The number of hydrogen-bond donors (Lipinski definition) is 2. The lowest BCUT2D eigenvalue weighted by Gasteiger charge is -2.61. The molecule has 2 aliphatic heterocycles. The molecule has 2 saturated heterocycles. The van der Waals surface area contributed by atoms with Crippen molar-refractivity contribution in [2.24, 2.45) is 5.41 Å². The lowest BCUT2D eigenvalue weighted by atomic mass is 9.72. The van der Waals surface area contributed by atoms with Crippen molar-refractivity contribution in [2.45, 2.75) is 26.8 Å². The first kappa shape index (κ1) is 20.6. The Balaban J connectivity index is 1.19. The van der Waals surface area contributed by atoms with E-state index >= 15 is 0 Å². The predicted molar refractivity (Wildman–Crippen MR) is 122 cm³/mol. The van der Waals surface area contributed by atoms with E-state index in [1.54, 1.807) is 13.1 Å². The number of nitrogens with one attached hydrogen (secondary N) is 2. The maximum absolute atomic E-state index is 12.1. The van der Waals surface area contributed by atoms with Crippen molar-refractivity contribution in [3.8, 4) is 0 Å². The van der Waals surface area contributed by atoms with Crippen molar-refractivity contribution < 1.29 is 4.79 Å². The highest BCUT2D eigenvalue weighted by Gasteiger charge is 2.51. The lowest BCUT2D eigenvalue weighted by Crippen LogP contribution is -2.72. The number of carbonyl (C=O) groups is 1. The van der Waals surface area contributed by atoms with E-state index in [9.17, 15) is 9.59 Å². The lowest BCUT2D eigenvalue weighted by molar-refractivity contribution is -0.0274. The van der Waals surface area contributed by atoms with Gasteiger partial charge in [-0.1, -0.05) is 6.92 Å². The second-order valence-corrected chi connectivity index (χ2v) is 8.96. The van der Waals surface area contributed by atoms with E-state index in [0.29, 0.717) is 34.4 Å². The van der Waals surface area contributed by atoms with Gasteiger partial charge in [-0.3, -0.25) is 14.5 Å². The summed E-state index contributed by atoms with van der Waals surface area (Å²) in [5, 5.41) is 2.61. The van der Waals surface area contributed by atoms with Crippen LogP contribution in [-0.4, -0.2) is 64.0 Å². The smallest absolute Gasteiger partial charge is 0.270 e. The fraction of sp³-hybridized carbons (Fsp3) is 0.435. The van der Waals surface area contributed by atoms with Crippen LogP contribution in [0.1, 0.15) is 34.4 Å². The van der Waals surface area contributed by atoms with E-state index < -0.39 is 0 Å². The number of rotatable bonds is 5. The van der Waals surface area contributed by atoms with E-state index in [1.165, 1.54) is 0 Å². The topological polar surface area (TPSA) is 107 Å². The van der Waals surface area contributed by atoms with Gasteiger partial charge in [-0.15, -0.1) is 0 Å². The van der Waals surface area contributed by atoms with Crippen molar-refractivity contribution in [1.29, 1.82) is 0 Å². The highest BCUT2D eigenvalue weighted by Crippen LogP contribution is 2.43. The summed E-state index contributed by atoms with van der Waals surface area (Å²) in [5.74, 6) is -0.164. The number of likely N-dealkylation sites (tertiary alicyclic amines) is 1. The molecule has 0 radical (unpaired) electrons. The zero-order valence-electron chi connectivity index (χ0n) is 18.6. The van der Waals surface area contributed by atoms with Gasteiger partial charge in [0.25, 0.3) is 11.5 Å². The van der Waals surface area contributed by atoms with Gasteiger partial charge in [0.2, 0.25) is 0 Å². The highest BCUT2D eigenvalue weighted by atomic mass is 16.1. The number of aromatic amines is 1. The van der Waals surface area contributed by atoms with Crippen LogP contribution < -0.4 is 15.8 Å². The maximum atomic E-state index is 12.1. The third kappa shape index (κ3) is 3.52. The van der Waals surface area contributed by atoms with Crippen molar-refractivity contribution in [1.82, 2.24) is 30.2 Å².